The van der Waals surface area contributed by atoms with Gasteiger partial charge in [0.1, 0.15) is 6.61 Å². The average molecular weight is 313 g/mol. The van der Waals surface area contributed by atoms with Gasteiger partial charge in [-0.3, -0.25) is 0 Å². The molecule has 1 N–H and O–H groups in total. The van der Waals surface area contributed by atoms with Gasteiger partial charge in [0.2, 0.25) is 0 Å². The lowest BCUT2D eigenvalue weighted by atomic mass is 9.96. The molecule has 2 aromatic rings. The first-order chi connectivity index (χ1) is 11.1. The van der Waals surface area contributed by atoms with Crippen molar-refractivity contribution in [1.29, 1.82) is 0 Å². The number of nitrogens with one attached hydrogen (secondary N) is 1. The number of methoxy groups -OCH3 is 1. The van der Waals surface area contributed by atoms with E-state index >= 15 is 0 Å². The molecular weight excluding hydrogens is 294 g/mol. The van der Waals surface area contributed by atoms with Crippen molar-refractivity contribution in [3.8, 4) is 11.5 Å². The van der Waals surface area contributed by atoms with Crippen LogP contribution in [-0.4, -0.2) is 19.7 Å². The molecule has 1 aliphatic heterocycles. The molecule has 0 saturated carbocycles. The van der Waals surface area contributed by atoms with E-state index in [9.17, 15) is 4.79 Å². The van der Waals surface area contributed by atoms with Crippen molar-refractivity contribution < 1.29 is 19.0 Å². The third-order valence-electron chi connectivity index (χ3n) is 3.90. The maximum absolute atomic E-state index is 11.4. The Kier molecular flexibility index (Phi) is 4.10. The highest BCUT2D eigenvalue weighted by atomic mass is 16.6. The van der Waals surface area contributed by atoms with Crippen LogP contribution in [0.4, 0.5) is 4.79 Å². The molecule has 0 aromatic heterocycles. The summed E-state index contributed by atoms with van der Waals surface area (Å²) < 4.78 is 16.6. The van der Waals surface area contributed by atoms with Crippen LogP contribution in [0, 0.1) is 0 Å². The van der Waals surface area contributed by atoms with Gasteiger partial charge in [-0.2, -0.15) is 0 Å². The highest BCUT2D eigenvalue weighted by Gasteiger charge is 2.37. The van der Waals surface area contributed by atoms with Gasteiger partial charge in [0.25, 0.3) is 0 Å². The van der Waals surface area contributed by atoms with E-state index < -0.39 is 11.7 Å². The largest absolute Gasteiger partial charge is 0.493 e. The molecule has 1 fully saturated rings. The number of ether oxygens (including phenoxy) is 3. The summed E-state index contributed by atoms with van der Waals surface area (Å²) in [5.74, 6) is 1.27. The minimum atomic E-state index is -0.700. The minimum absolute atomic E-state index is 0.407. The second-order valence-electron chi connectivity index (χ2n) is 5.61. The van der Waals surface area contributed by atoms with Gasteiger partial charge in [0.05, 0.1) is 13.7 Å². The van der Waals surface area contributed by atoms with Gasteiger partial charge in [-0.1, -0.05) is 36.4 Å². The third-order valence-corrected chi connectivity index (χ3v) is 3.90. The van der Waals surface area contributed by atoms with Gasteiger partial charge < -0.3 is 19.5 Å². The first kappa shape index (κ1) is 15.2. The van der Waals surface area contributed by atoms with Crippen molar-refractivity contribution >= 4 is 6.09 Å². The number of hydrogen-bond donors (Lipinski definition) is 1. The second kappa shape index (κ2) is 6.20. The zero-order valence-electron chi connectivity index (χ0n) is 13.2. The molecule has 0 radical (unpaired) electrons. The van der Waals surface area contributed by atoms with E-state index in [1.54, 1.807) is 7.11 Å². The summed E-state index contributed by atoms with van der Waals surface area (Å²) in [6.45, 7) is 2.74. The highest BCUT2D eigenvalue weighted by molar-refractivity contribution is 5.70. The third kappa shape index (κ3) is 3.23. The summed E-state index contributed by atoms with van der Waals surface area (Å²) in [7, 11) is 1.60. The quantitative estimate of drug-likeness (QED) is 0.921. The minimum Gasteiger partial charge on any atom is -0.493 e. The van der Waals surface area contributed by atoms with Crippen LogP contribution >= 0.6 is 0 Å². The van der Waals surface area contributed by atoms with E-state index in [1.807, 2.05) is 55.5 Å². The zero-order chi connectivity index (χ0) is 16.3. The molecule has 1 atom stereocenters. The molecule has 3 rings (SSSR count). The predicted molar refractivity (Wildman–Crippen MR) is 85.6 cm³/mol. The number of cyclic esters (lactones) is 1. The standard InChI is InChI=1S/C18H19NO4/c1-18(12-19-17(20)23-18)14-8-9-15(21-2)16(10-14)22-11-13-6-4-3-5-7-13/h3-10H,11-12H2,1-2H3,(H,19,20). The Morgan fingerprint density at radius 3 is 2.61 bits per heavy atom. The van der Waals surface area contributed by atoms with Crippen molar-refractivity contribution in [2.45, 2.75) is 19.1 Å². The van der Waals surface area contributed by atoms with Gasteiger partial charge >= 0.3 is 6.09 Å². The average Bonchev–Trinajstić information content (AvgIpc) is 2.94. The number of amides is 1. The molecule has 5 heteroatoms. The lowest BCUT2D eigenvalue weighted by Crippen LogP contribution is -2.26. The van der Waals surface area contributed by atoms with Crippen LogP contribution in [0.25, 0.3) is 0 Å². The fourth-order valence-electron chi connectivity index (χ4n) is 2.53. The Balaban J connectivity index is 1.83. The molecule has 5 nitrogen and oxygen atoms in total. The molecule has 0 bridgehead atoms. The number of rotatable bonds is 5. The summed E-state index contributed by atoms with van der Waals surface area (Å²) >= 11 is 0. The van der Waals surface area contributed by atoms with E-state index in [0.717, 1.165) is 11.1 Å². The topological polar surface area (TPSA) is 56.8 Å². The lowest BCUT2D eigenvalue weighted by Gasteiger charge is -2.23. The van der Waals surface area contributed by atoms with Gasteiger partial charge in [0, 0.05) is 5.56 Å². The molecule has 120 valence electrons. The van der Waals surface area contributed by atoms with Crippen molar-refractivity contribution in [1.82, 2.24) is 5.32 Å². The van der Waals surface area contributed by atoms with Crippen LogP contribution in [0.2, 0.25) is 0 Å². The Morgan fingerprint density at radius 2 is 1.96 bits per heavy atom. The van der Waals surface area contributed by atoms with E-state index in [4.69, 9.17) is 14.2 Å². The highest BCUT2D eigenvalue weighted by Crippen LogP contribution is 2.35. The van der Waals surface area contributed by atoms with E-state index in [1.165, 1.54) is 0 Å². The molecule has 0 spiro atoms. The molecule has 1 saturated heterocycles. The van der Waals surface area contributed by atoms with Crippen molar-refractivity contribution in [3.05, 3.63) is 59.7 Å². The molecule has 1 heterocycles. The fraction of sp³-hybridized carbons (Fsp3) is 0.278. The monoisotopic (exact) mass is 313 g/mol. The van der Waals surface area contributed by atoms with Crippen molar-refractivity contribution in [2.75, 3.05) is 13.7 Å². The Labute approximate surface area is 135 Å². The Morgan fingerprint density at radius 1 is 1.17 bits per heavy atom. The molecule has 1 aliphatic rings. The van der Waals surface area contributed by atoms with Gasteiger partial charge in [-0.15, -0.1) is 0 Å². The predicted octanol–water partition coefficient (Wildman–Crippen LogP) is 3.23. The van der Waals surface area contributed by atoms with Crippen LogP contribution < -0.4 is 14.8 Å². The molecule has 1 amide bonds. The van der Waals surface area contributed by atoms with Gasteiger partial charge in [0.15, 0.2) is 17.1 Å². The normalized spacial score (nSPS) is 19.8. The van der Waals surface area contributed by atoms with Crippen LogP contribution in [0.5, 0.6) is 11.5 Å². The number of carbonyl (C=O) groups is 1. The summed E-state index contributed by atoms with van der Waals surface area (Å²) in [5, 5.41) is 2.68. The van der Waals surface area contributed by atoms with Crippen LogP contribution in [-0.2, 0) is 16.9 Å². The van der Waals surface area contributed by atoms with E-state index in [0.29, 0.717) is 24.7 Å². The van der Waals surface area contributed by atoms with E-state index in [-0.39, 0.29) is 0 Å². The fourth-order valence-corrected chi connectivity index (χ4v) is 2.53. The second-order valence-corrected chi connectivity index (χ2v) is 5.61. The smallest absolute Gasteiger partial charge is 0.408 e. The number of hydrogen-bond acceptors (Lipinski definition) is 4. The van der Waals surface area contributed by atoms with Gasteiger partial charge in [-0.25, -0.2) is 4.79 Å². The van der Waals surface area contributed by atoms with E-state index in [2.05, 4.69) is 5.32 Å². The van der Waals surface area contributed by atoms with Crippen molar-refractivity contribution in [2.24, 2.45) is 0 Å². The summed E-state index contributed by atoms with van der Waals surface area (Å²) in [6, 6.07) is 15.5. The lowest BCUT2D eigenvalue weighted by molar-refractivity contribution is 0.0701. The SMILES string of the molecule is COc1ccc(C2(C)CNC(=O)O2)cc1OCc1ccccc1. The number of carbonyl (C=O) groups excluding carboxylic acids is 1. The summed E-state index contributed by atoms with van der Waals surface area (Å²) in [4.78, 5) is 11.4. The van der Waals surface area contributed by atoms with Crippen LogP contribution in [0.15, 0.2) is 48.5 Å². The zero-order valence-corrected chi connectivity index (χ0v) is 13.2. The molecular formula is C18H19NO4. The first-order valence-corrected chi connectivity index (χ1v) is 7.43. The van der Waals surface area contributed by atoms with Crippen LogP contribution in [0.1, 0.15) is 18.1 Å². The molecule has 0 aliphatic carbocycles. The summed E-state index contributed by atoms with van der Waals surface area (Å²) in [6.07, 6.45) is -0.407. The number of alkyl carbamates (subject to hydrolysis) is 1. The molecule has 1 unspecified atom stereocenters. The number of benzene rings is 2. The maximum Gasteiger partial charge on any atom is 0.408 e. The van der Waals surface area contributed by atoms with Gasteiger partial charge in [-0.05, 0) is 24.6 Å². The molecule has 23 heavy (non-hydrogen) atoms. The van der Waals surface area contributed by atoms with Crippen LogP contribution in [0.3, 0.4) is 0 Å². The maximum atomic E-state index is 11.4. The Hall–Kier alpha value is -2.69. The van der Waals surface area contributed by atoms with Crippen molar-refractivity contribution in [3.63, 3.8) is 0 Å². The Bertz CT molecular complexity index is 701. The summed E-state index contributed by atoms with van der Waals surface area (Å²) in [5.41, 5.74) is 1.23. The first-order valence-electron chi connectivity index (χ1n) is 7.43. The molecule has 2 aromatic carbocycles.